The van der Waals surface area contributed by atoms with Crippen LogP contribution in [0.4, 0.5) is 4.79 Å². The minimum atomic E-state index is -0.0535. The van der Waals surface area contributed by atoms with Crippen molar-refractivity contribution in [1.29, 1.82) is 0 Å². The third kappa shape index (κ3) is 4.03. The van der Waals surface area contributed by atoms with Crippen molar-refractivity contribution in [3.63, 3.8) is 0 Å². The fourth-order valence-corrected chi connectivity index (χ4v) is 3.62. The number of benzene rings is 1. The maximum absolute atomic E-state index is 12.7. The van der Waals surface area contributed by atoms with Crippen LogP contribution < -0.4 is 10.6 Å². The molecule has 23 heavy (non-hydrogen) atoms. The van der Waals surface area contributed by atoms with Crippen LogP contribution in [0.5, 0.6) is 0 Å². The van der Waals surface area contributed by atoms with E-state index < -0.39 is 0 Å². The summed E-state index contributed by atoms with van der Waals surface area (Å²) in [6.07, 6.45) is 5.20. The van der Waals surface area contributed by atoms with Crippen LogP contribution in [0, 0.1) is 5.92 Å². The minimum absolute atomic E-state index is 0.0238. The summed E-state index contributed by atoms with van der Waals surface area (Å²) in [5.41, 5.74) is 1.18. The molecule has 0 unspecified atom stereocenters. The molecule has 1 aromatic carbocycles. The zero-order valence-corrected chi connectivity index (χ0v) is 13.5. The number of hydrogen-bond acceptors (Lipinski definition) is 2. The first-order chi connectivity index (χ1) is 11.2. The highest BCUT2D eigenvalue weighted by Crippen LogP contribution is 2.35. The zero-order chi connectivity index (χ0) is 16.1. The van der Waals surface area contributed by atoms with Crippen LogP contribution in [0.25, 0.3) is 0 Å². The molecule has 5 heteroatoms. The average molecular weight is 315 g/mol. The highest BCUT2D eigenvalue weighted by atomic mass is 16.2. The van der Waals surface area contributed by atoms with E-state index in [1.165, 1.54) is 31.2 Å². The first-order valence-electron chi connectivity index (χ1n) is 8.61. The van der Waals surface area contributed by atoms with Gasteiger partial charge in [0.1, 0.15) is 0 Å². The van der Waals surface area contributed by atoms with Crippen LogP contribution in [0.2, 0.25) is 0 Å². The Kier molecular flexibility index (Phi) is 5.16. The third-order valence-corrected chi connectivity index (χ3v) is 4.91. The van der Waals surface area contributed by atoms with Crippen LogP contribution in [0.1, 0.15) is 43.7 Å². The molecular formula is C18H25N3O2. The summed E-state index contributed by atoms with van der Waals surface area (Å²) in [4.78, 5) is 25.9. The molecule has 1 aromatic rings. The molecule has 1 heterocycles. The summed E-state index contributed by atoms with van der Waals surface area (Å²) in [5, 5.41) is 6.04. The Morgan fingerprint density at radius 2 is 1.91 bits per heavy atom. The lowest BCUT2D eigenvalue weighted by molar-refractivity contribution is -0.120. The van der Waals surface area contributed by atoms with Gasteiger partial charge >= 0.3 is 6.03 Å². The number of nitrogens with zero attached hydrogens (tertiary/aromatic N) is 1. The van der Waals surface area contributed by atoms with E-state index in [1.807, 2.05) is 18.2 Å². The summed E-state index contributed by atoms with van der Waals surface area (Å²) in [7, 11) is 0. The van der Waals surface area contributed by atoms with Crippen LogP contribution in [0.15, 0.2) is 30.3 Å². The van der Waals surface area contributed by atoms with Crippen molar-refractivity contribution in [3.8, 4) is 0 Å². The van der Waals surface area contributed by atoms with Crippen LogP contribution in [-0.2, 0) is 4.79 Å². The van der Waals surface area contributed by atoms with Crippen LogP contribution >= 0.6 is 0 Å². The number of carbonyl (C=O) groups is 2. The van der Waals surface area contributed by atoms with E-state index in [0.717, 1.165) is 0 Å². The van der Waals surface area contributed by atoms with Gasteiger partial charge < -0.3 is 15.5 Å². The maximum atomic E-state index is 12.7. The monoisotopic (exact) mass is 315 g/mol. The fraction of sp³-hybridized carbons (Fsp3) is 0.556. The van der Waals surface area contributed by atoms with Gasteiger partial charge in [0, 0.05) is 26.1 Å². The lowest BCUT2D eigenvalue weighted by Crippen LogP contribution is -2.44. The predicted molar refractivity (Wildman–Crippen MR) is 88.9 cm³/mol. The highest BCUT2D eigenvalue weighted by Gasteiger charge is 2.29. The number of carbonyl (C=O) groups excluding carboxylic acids is 2. The Morgan fingerprint density at radius 3 is 2.65 bits per heavy atom. The van der Waals surface area contributed by atoms with Gasteiger partial charge in [-0.3, -0.25) is 4.79 Å². The molecule has 3 rings (SSSR count). The second kappa shape index (κ2) is 7.49. The topological polar surface area (TPSA) is 61.4 Å². The molecule has 0 aromatic heterocycles. The number of amides is 3. The Hall–Kier alpha value is -2.04. The van der Waals surface area contributed by atoms with Crippen molar-refractivity contribution in [2.45, 2.75) is 38.1 Å². The minimum Gasteiger partial charge on any atom is -0.354 e. The van der Waals surface area contributed by atoms with Crippen LogP contribution in [0.3, 0.4) is 0 Å². The second-order valence-corrected chi connectivity index (χ2v) is 6.47. The lowest BCUT2D eigenvalue weighted by atomic mass is 9.92. The Labute approximate surface area is 137 Å². The van der Waals surface area contributed by atoms with E-state index in [2.05, 4.69) is 22.8 Å². The standard InChI is InChI=1S/C18H25N3O2/c22-16-10-12-21(13-11-19-16)18(23)20-17(15-8-4-5-9-15)14-6-2-1-3-7-14/h1-3,6-7,15,17H,4-5,8-13H2,(H,19,22)(H,20,23)/t17-/m0/s1. The molecule has 1 atom stereocenters. The molecule has 3 amide bonds. The predicted octanol–water partition coefficient (Wildman–Crippen LogP) is 2.45. The van der Waals surface area contributed by atoms with Crippen molar-refractivity contribution < 1.29 is 9.59 Å². The number of hydrogen-bond donors (Lipinski definition) is 2. The average Bonchev–Trinajstić information content (AvgIpc) is 3.01. The fourth-order valence-electron chi connectivity index (χ4n) is 3.62. The van der Waals surface area contributed by atoms with Gasteiger partial charge in [-0.05, 0) is 24.3 Å². The molecule has 2 N–H and O–H groups in total. The molecule has 2 aliphatic rings. The van der Waals surface area contributed by atoms with E-state index in [-0.39, 0.29) is 18.0 Å². The maximum Gasteiger partial charge on any atom is 0.317 e. The molecule has 0 bridgehead atoms. The largest absolute Gasteiger partial charge is 0.354 e. The molecule has 1 saturated heterocycles. The van der Waals surface area contributed by atoms with Gasteiger partial charge in [-0.25, -0.2) is 4.79 Å². The number of rotatable bonds is 3. The zero-order valence-electron chi connectivity index (χ0n) is 13.5. The van der Waals surface area contributed by atoms with E-state index in [4.69, 9.17) is 0 Å². The molecule has 2 fully saturated rings. The third-order valence-electron chi connectivity index (χ3n) is 4.91. The lowest BCUT2D eigenvalue weighted by Gasteiger charge is -2.29. The van der Waals surface area contributed by atoms with Crippen molar-refractivity contribution in [1.82, 2.24) is 15.5 Å². The molecule has 0 radical (unpaired) electrons. The summed E-state index contributed by atoms with van der Waals surface area (Å²) < 4.78 is 0. The molecule has 1 aliphatic heterocycles. The first kappa shape index (κ1) is 15.8. The summed E-state index contributed by atoms with van der Waals surface area (Å²) >= 11 is 0. The van der Waals surface area contributed by atoms with E-state index in [1.54, 1.807) is 4.90 Å². The van der Waals surface area contributed by atoms with Gasteiger partial charge in [-0.2, -0.15) is 0 Å². The molecule has 124 valence electrons. The SMILES string of the molecule is O=C1CCN(C(=O)N[C@@H](c2ccccc2)C2CCCC2)CCN1. The van der Waals surface area contributed by atoms with Crippen molar-refractivity contribution >= 4 is 11.9 Å². The van der Waals surface area contributed by atoms with E-state index in [0.29, 0.717) is 32.0 Å². The highest BCUT2D eigenvalue weighted by molar-refractivity contribution is 5.79. The Morgan fingerprint density at radius 1 is 1.17 bits per heavy atom. The molecule has 0 spiro atoms. The number of nitrogens with one attached hydrogen (secondary N) is 2. The van der Waals surface area contributed by atoms with Gasteiger partial charge in [0.15, 0.2) is 0 Å². The van der Waals surface area contributed by atoms with Crippen molar-refractivity contribution in [2.75, 3.05) is 19.6 Å². The van der Waals surface area contributed by atoms with Crippen LogP contribution in [-0.4, -0.2) is 36.5 Å². The Balaban J connectivity index is 1.70. The molecule has 1 saturated carbocycles. The van der Waals surface area contributed by atoms with Crippen molar-refractivity contribution in [3.05, 3.63) is 35.9 Å². The number of urea groups is 1. The van der Waals surface area contributed by atoms with E-state index in [9.17, 15) is 9.59 Å². The summed E-state index contributed by atoms with van der Waals surface area (Å²) in [6.45, 7) is 1.60. The van der Waals surface area contributed by atoms with Gasteiger partial charge in [0.2, 0.25) is 5.91 Å². The summed E-state index contributed by atoms with van der Waals surface area (Å²) in [6, 6.07) is 10.3. The Bertz CT molecular complexity index is 540. The van der Waals surface area contributed by atoms with E-state index >= 15 is 0 Å². The molecule has 5 nitrogen and oxygen atoms in total. The van der Waals surface area contributed by atoms with Gasteiger partial charge in [-0.1, -0.05) is 43.2 Å². The van der Waals surface area contributed by atoms with Gasteiger partial charge in [-0.15, -0.1) is 0 Å². The van der Waals surface area contributed by atoms with Gasteiger partial charge in [0.05, 0.1) is 6.04 Å². The molecular weight excluding hydrogens is 290 g/mol. The summed E-state index contributed by atoms with van der Waals surface area (Å²) in [5.74, 6) is 0.531. The normalized spacial score (nSPS) is 20.7. The smallest absolute Gasteiger partial charge is 0.317 e. The second-order valence-electron chi connectivity index (χ2n) is 6.47. The molecule has 1 aliphatic carbocycles. The quantitative estimate of drug-likeness (QED) is 0.900. The first-order valence-corrected chi connectivity index (χ1v) is 8.61. The van der Waals surface area contributed by atoms with Gasteiger partial charge in [0.25, 0.3) is 0 Å². The van der Waals surface area contributed by atoms with Crippen molar-refractivity contribution in [2.24, 2.45) is 5.92 Å².